The van der Waals surface area contributed by atoms with Crippen LogP contribution in [0.1, 0.15) is 30.1 Å². The Morgan fingerprint density at radius 2 is 2.18 bits per heavy atom. The van der Waals surface area contributed by atoms with Gasteiger partial charge in [0.25, 0.3) is 5.91 Å². The second-order valence-corrected chi connectivity index (χ2v) is 3.99. The summed E-state index contributed by atoms with van der Waals surface area (Å²) in [5.41, 5.74) is 6.81. The fourth-order valence-corrected chi connectivity index (χ4v) is 1.64. The minimum absolute atomic E-state index is 0.0161. The number of carbonyl (C=O) groups is 1. The van der Waals surface area contributed by atoms with Crippen molar-refractivity contribution in [1.82, 2.24) is 4.90 Å². The Morgan fingerprint density at radius 3 is 2.76 bits per heavy atom. The number of aliphatic hydroxyl groups is 1. The van der Waals surface area contributed by atoms with E-state index >= 15 is 0 Å². The molecule has 1 aromatic rings. The van der Waals surface area contributed by atoms with Gasteiger partial charge < -0.3 is 15.7 Å². The van der Waals surface area contributed by atoms with Crippen molar-refractivity contribution in [1.29, 1.82) is 0 Å². The zero-order valence-corrected chi connectivity index (χ0v) is 10.2. The third-order valence-electron chi connectivity index (χ3n) is 2.57. The van der Waals surface area contributed by atoms with Crippen LogP contribution in [0.3, 0.4) is 0 Å². The molecule has 0 spiro atoms. The van der Waals surface area contributed by atoms with Crippen LogP contribution in [0.5, 0.6) is 0 Å². The molecule has 1 amide bonds. The molecule has 0 atom stereocenters. The maximum absolute atomic E-state index is 12.2. The minimum Gasteiger partial charge on any atom is -0.399 e. The molecule has 3 N–H and O–H groups in total. The van der Waals surface area contributed by atoms with Gasteiger partial charge in [0.2, 0.25) is 0 Å². The lowest BCUT2D eigenvalue weighted by atomic mass is 10.1. The molecule has 94 valence electrons. The molecule has 0 aliphatic carbocycles. The van der Waals surface area contributed by atoms with Gasteiger partial charge in [0.05, 0.1) is 6.61 Å². The van der Waals surface area contributed by atoms with Crippen molar-refractivity contribution in [3.05, 3.63) is 29.8 Å². The second-order valence-electron chi connectivity index (χ2n) is 3.99. The Morgan fingerprint density at radius 1 is 1.41 bits per heavy atom. The first-order valence-electron chi connectivity index (χ1n) is 5.94. The van der Waals surface area contributed by atoms with Gasteiger partial charge in [-0.3, -0.25) is 4.79 Å². The molecule has 0 bridgehead atoms. The summed E-state index contributed by atoms with van der Waals surface area (Å²) in [5, 5.41) is 8.97. The molecule has 0 fully saturated rings. The van der Waals surface area contributed by atoms with Gasteiger partial charge in [0, 0.05) is 24.3 Å². The van der Waals surface area contributed by atoms with E-state index in [1.54, 1.807) is 29.2 Å². The van der Waals surface area contributed by atoms with E-state index in [1.165, 1.54) is 0 Å². The third kappa shape index (κ3) is 4.07. The summed E-state index contributed by atoms with van der Waals surface area (Å²) in [7, 11) is 0. The molecule has 0 unspecified atom stereocenters. The second kappa shape index (κ2) is 6.91. The lowest BCUT2D eigenvalue weighted by molar-refractivity contribution is 0.0719. The van der Waals surface area contributed by atoms with Gasteiger partial charge in [-0.05, 0) is 24.6 Å². The molecule has 4 nitrogen and oxygen atoms in total. The van der Waals surface area contributed by atoms with E-state index in [4.69, 9.17) is 10.8 Å². The smallest absolute Gasteiger partial charge is 0.254 e. The van der Waals surface area contributed by atoms with Gasteiger partial charge in [-0.2, -0.15) is 0 Å². The number of benzene rings is 1. The van der Waals surface area contributed by atoms with Gasteiger partial charge in [-0.1, -0.05) is 19.4 Å². The molecule has 1 rings (SSSR count). The van der Waals surface area contributed by atoms with Crippen molar-refractivity contribution in [3.8, 4) is 0 Å². The highest BCUT2D eigenvalue weighted by atomic mass is 16.3. The van der Waals surface area contributed by atoms with Crippen LogP contribution < -0.4 is 5.73 Å². The SMILES string of the molecule is CCCCN(CCO)C(=O)c1cccc(N)c1. The van der Waals surface area contributed by atoms with Crippen LogP contribution in [0.2, 0.25) is 0 Å². The van der Waals surface area contributed by atoms with E-state index in [0.717, 1.165) is 12.8 Å². The van der Waals surface area contributed by atoms with Crippen molar-refractivity contribution in [2.75, 3.05) is 25.4 Å². The van der Waals surface area contributed by atoms with E-state index in [2.05, 4.69) is 6.92 Å². The lowest BCUT2D eigenvalue weighted by Gasteiger charge is -2.21. The summed E-state index contributed by atoms with van der Waals surface area (Å²) >= 11 is 0. The van der Waals surface area contributed by atoms with Crippen LogP contribution in [-0.4, -0.2) is 35.6 Å². The molecule has 4 heteroatoms. The van der Waals surface area contributed by atoms with Crippen molar-refractivity contribution in [2.24, 2.45) is 0 Å². The number of rotatable bonds is 6. The number of nitrogens with two attached hydrogens (primary N) is 1. The van der Waals surface area contributed by atoms with E-state index < -0.39 is 0 Å². The Balaban J connectivity index is 2.76. The van der Waals surface area contributed by atoms with Crippen LogP contribution in [0.25, 0.3) is 0 Å². The zero-order chi connectivity index (χ0) is 12.7. The average Bonchev–Trinajstić information content (AvgIpc) is 2.33. The minimum atomic E-state index is -0.0696. The highest BCUT2D eigenvalue weighted by Gasteiger charge is 2.14. The summed E-state index contributed by atoms with van der Waals surface area (Å²) in [4.78, 5) is 13.8. The summed E-state index contributed by atoms with van der Waals surface area (Å²) in [6, 6.07) is 6.92. The Bertz CT molecular complexity index is 366. The summed E-state index contributed by atoms with van der Waals surface area (Å²) in [5.74, 6) is -0.0696. The molecular formula is C13H20N2O2. The summed E-state index contributed by atoms with van der Waals surface area (Å²) in [6.45, 7) is 3.10. The molecule has 17 heavy (non-hydrogen) atoms. The summed E-state index contributed by atoms with van der Waals surface area (Å²) in [6.07, 6.45) is 1.96. The average molecular weight is 236 g/mol. The van der Waals surface area contributed by atoms with Gasteiger partial charge in [-0.25, -0.2) is 0 Å². The Kier molecular flexibility index (Phi) is 5.49. The van der Waals surface area contributed by atoms with Crippen molar-refractivity contribution >= 4 is 11.6 Å². The maximum Gasteiger partial charge on any atom is 0.254 e. The topological polar surface area (TPSA) is 66.6 Å². The Hall–Kier alpha value is -1.55. The van der Waals surface area contributed by atoms with Crippen molar-refractivity contribution < 1.29 is 9.90 Å². The van der Waals surface area contributed by atoms with Gasteiger partial charge in [0.1, 0.15) is 0 Å². The highest BCUT2D eigenvalue weighted by molar-refractivity contribution is 5.95. The summed E-state index contributed by atoms with van der Waals surface area (Å²) < 4.78 is 0. The number of hydrogen-bond donors (Lipinski definition) is 2. The number of anilines is 1. The predicted molar refractivity (Wildman–Crippen MR) is 68.8 cm³/mol. The number of nitrogens with zero attached hydrogens (tertiary/aromatic N) is 1. The number of aliphatic hydroxyl groups excluding tert-OH is 1. The first kappa shape index (κ1) is 13.5. The largest absolute Gasteiger partial charge is 0.399 e. The van der Waals surface area contributed by atoms with E-state index in [0.29, 0.717) is 24.3 Å². The third-order valence-corrected chi connectivity index (χ3v) is 2.57. The normalized spacial score (nSPS) is 10.2. The fourth-order valence-electron chi connectivity index (χ4n) is 1.64. The van der Waals surface area contributed by atoms with Crippen LogP contribution in [0.15, 0.2) is 24.3 Å². The number of nitrogen functional groups attached to an aromatic ring is 1. The molecule has 0 saturated heterocycles. The molecular weight excluding hydrogens is 216 g/mol. The molecule has 0 aliphatic heterocycles. The number of unbranched alkanes of at least 4 members (excludes halogenated alkanes) is 1. The maximum atomic E-state index is 12.2. The standard InChI is InChI=1S/C13H20N2O2/c1-2-3-7-15(8-9-16)13(17)11-5-4-6-12(14)10-11/h4-6,10,16H,2-3,7-9,14H2,1H3. The monoisotopic (exact) mass is 236 g/mol. The fraction of sp³-hybridized carbons (Fsp3) is 0.462. The first-order chi connectivity index (χ1) is 8.19. The zero-order valence-electron chi connectivity index (χ0n) is 10.2. The lowest BCUT2D eigenvalue weighted by Crippen LogP contribution is -2.34. The molecule has 0 heterocycles. The first-order valence-corrected chi connectivity index (χ1v) is 5.94. The molecule has 0 aliphatic rings. The van der Waals surface area contributed by atoms with Crippen LogP contribution in [0, 0.1) is 0 Å². The number of amides is 1. The molecule has 0 saturated carbocycles. The van der Waals surface area contributed by atoms with Crippen molar-refractivity contribution in [2.45, 2.75) is 19.8 Å². The van der Waals surface area contributed by atoms with E-state index in [9.17, 15) is 4.79 Å². The molecule has 1 aromatic carbocycles. The van der Waals surface area contributed by atoms with Gasteiger partial charge in [-0.15, -0.1) is 0 Å². The van der Waals surface area contributed by atoms with Gasteiger partial charge in [0.15, 0.2) is 0 Å². The number of hydrogen-bond acceptors (Lipinski definition) is 3. The van der Waals surface area contributed by atoms with Crippen LogP contribution in [-0.2, 0) is 0 Å². The molecule has 0 radical (unpaired) electrons. The van der Waals surface area contributed by atoms with Crippen molar-refractivity contribution in [3.63, 3.8) is 0 Å². The van der Waals surface area contributed by atoms with Crippen LogP contribution >= 0.6 is 0 Å². The van der Waals surface area contributed by atoms with E-state index in [-0.39, 0.29) is 12.5 Å². The number of carbonyl (C=O) groups excluding carboxylic acids is 1. The van der Waals surface area contributed by atoms with Crippen LogP contribution in [0.4, 0.5) is 5.69 Å². The highest BCUT2D eigenvalue weighted by Crippen LogP contribution is 2.10. The quantitative estimate of drug-likeness (QED) is 0.736. The Labute approximate surface area is 102 Å². The van der Waals surface area contributed by atoms with Gasteiger partial charge >= 0.3 is 0 Å². The van der Waals surface area contributed by atoms with E-state index in [1.807, 2.05) is 0 Å². The molecule has 0 aromatic heterocycles. The predicted octanol–water partition coefficient (Wildman–Crippen LogP) is 1.50.